The quantitative estimate of drug-likeness (QED) is 0.335. The number of nitrogens with one attached hydrogen (secondary N) is 2. The first kappa shape index (κ1) is 17.7. The minimum atomic E-state index is -0.520. The van der Waals surface area contributed by atoms with Gasteiger partial charge in [0.25, 0.3) is 5.91 Å². The number of carbonyl (C=O) groups is 2. The highest BCUT2D eigenvalue weighted by molar-refractivity contribution is 9.10. The van der Waals surface area contributed by atoms with Crippen LogP contribution in [0.1, 0.15) is 13.3 Å². The molecule has 0 aliphatic carbocycles. The fraction of sp³-hybridized carbons (Fsp3) is 0.267. The van der Waals surface area contributed by atoms with Gasteiger partial charge in [0.05, 0.1) is 13.0 Å². The summed E-state index contributed by atoms with van der Waals surface area (Å²) in [5.74, 6) is -0.852. The Balaban J connectivity index is 2.50. The molecule has 1 aromatic carbocycles. The van der Waals surface area contributed by atoms with Gasteiger partial charge in [-0.2, -0.15) is 5.26 Å². The predicted molar refractivity (Wildman–Crippen MR) is 85.7 cm³/mol. The van der Waals surface area contributed by atoms with Gasteiger partial charge in [-0.1, -0.05) is 15.9 Å². The van der Waals surface area contributed by atoms with E-state index in [9.17, 15) is 9.59 Å². The van der Waals surface area contributed by atoms with Gasteiger partial charge in [0.1, 0.15) is 11.6 Å². The number of nitrogens with zero attached hydrogens (tertiary/aromatic N) is 1. The Kier molecular flexibility index (Phi) is 7.72. The Morgan fingerprint density at radius 1 is 1.36 bits per heavy atom. The Morgan fingerprint density at radius 3 is 2.64 bits per heavy atom. The van der Waals surface area contributed by atoms with Gasteiger partial charge in [-0.05, 0) is 31.2 Å². The molecule has 0 spiro atoms. The molecular formula is C15H16BrN3O3. The first-order chi connectivity index (χ1) is 10.6. The summed E-state index contributed by atoms with van der Waals surface area (Å²) < 4.78 is 5.65. The Morgan fingerprint density at radius 2 is 2.05 bits per heavy atom. The highest BCUT2D eigenvalue weighted by Crippen LogP contribution is 2.14. The standard InChI is InChI=1S/C15H16BrN3O3/c1-2-22-14(20)7-8-18-10-11(9-17)15(21)19-13-5-3-12(16)4-6-13/h3-6,10,18H,2,7-8H2,1H3,(H,19,21)/b11-10-. The van der Waals surface area contributed by atoms with E-state index in [0.717, 1.165) is 4.47 Å². The number of nitriles is 1. The van der Waals surface area contributed by atoms with E-state index in [-0.39, 0.29) is 24.5 Å². The van der Waals surface area contributed by atoms with Crippen LogP contribution >= 0.6 is 15.9 Å². The second-order valence-electron chi connectivity index (χ2n) is 4.14. The van der Waals surface area contributed by atoms with E-state index in [4.69, 9.17) is 10.00 Å². The molecule has 0 heterocycles. The normalized spacial score (nSPS) is 10.5. The Hall–Kier alpha value is -2.33. The zero-order valence-electron chi connectivity index (χ0n) is 12.1. The molecule has 2 N–H and O–H groups in total. The number of esters is 1. The summed E-state index contributed by atoms with van der Waals surface area (Å²) in [4.78, 5) is 23.0. The van der Waals surface area contributed by atoms with Crippen molar-refractivity contribution in [2.75, 3.05) is 18.5 Å². The lowest BCUT2D eigenvalue weighted by atomic mass is 10.2. The molecule has 0 aliphatic heterocycles. The second kappa shape index (κ2) is 9.58. The number of carbonyl (C=O) groups excluding carboxylic acids is 2. The van der Waals surface area contributed by atoms with Gasteiger partial charge in [0.2, 0.25) is 0 Å². The topological polar surface area (TPSA) is 91.2 Å². The number of amides is 1. The maximum Gasteiger partial charge on any atom is 0.307 e. The van der Waals surface area contributed by atoms with Gasteiger partial charge in [-0.25, -0.2) is 0 Å². The molecule has 0 unspecified atom stereocenters. The molecule has 0 fully saturated rings. The van der Waals surface area contributed by atoms with Crippen LogP contribution in [0.15, 0.2) is 40.5 Å². The summed E-state index contributed by atoms with van der Waals surface area (Å²) in [6.07, 6.45) is 1.45. The largest absolute Gasteiger partial charge is 0.466 e. The monoisotopic (exact) mass is 365 g/mol. The van der Waals surface area contributed by atoms with Gasteiger partial charge < -0.3 is 15.4 Å². The fourth-order valence-electron chi connectivity index (χ4n) is 1.46. The van der Waals surface area contributed by atoms with Gasteiger partial charge in [0, 0.05) is 22.9 Å². The molecule has 6 nitrogen and oxygen atoms in total. The molecule has 0 bridgehead atoms. The second-order valence-corrected chi connectivity index (χ2v) is 5.06. The fourth-order valence-corrected chi connectivity index (χ4v) is 1.73. The van der Waals surface area contributed by atoms with Crippen LogP contribution in [0.5, 0.6) is 0 Å². The van der Waals surface area contributed by atoms with E-state index >= 15 is 0 Å². The van der Waals surface area contributed by atoms with Crippen molar-refractivity contribution < 1.29 is 14.3 Å². The number of anilines is 1. The first-order valence-corrected chi connectivity index (χ1v) is 7.42. The van der Waals surface area contributed by atoms with Crippen molar-refractivity contribution in [2.45, 2.75) is 13.3 Å². The average molecular weight is 366 g/mol. The van der Waals surface area contributed by atoms with Crippen LogP contribution < -0.4 is 10.6 Å². The van der Waals surface area contributed by atoms with Crippen LogP contribution in [0, 0.1) is 11.3 Å². The van der Waals surface area contributed by atoms with Crippen LogP contribution in [0.3, 0.4) is 0 Å². The maximum absolute atomic E-state index is 11.9. The van der Waals surface area contributed by atoms with E-state index in [1.54, 1.807) is 31.2 Å². The molecule has 7 heteroatoms. The third kappa shape index (κ3) is 6.41. The van der Waals surface area contributed by atoms with E-state index in [1.807, 2.05) is 6.07 Å². The van der Waals surface area contributed by atoms with E-state index in [0.29, 0.717) is 12.3 Å². The molecule has 0 atom stereocenters. The van der Waals surface area contributed by atoms with Crippen molar-refractivity contribution in [3.8, 4) is 6.07 Å². The van der Waals surface area contributed by atoms with Crippen molar-refractivity contribution in [3.05, 3.63) is 40.5 Å². The minimum Gasteiger partial charge on any atom is -0.466 e. The number of hydrogen-bond acceptors (Lipinski definition) is 5. The minimum absolute atomic E-state index is 0.0771. The number of hydrogen-bond donors (Lipinski definition) is 2. The average Bonchev–Trinajstić information content (AvgIpc) is 2.50. The Bertz CT molecular complexity index is 591. The van der Waals surface area contributed by atoms with Gasteiger partial charge in [-0.15, -0.1) is 0 Å². The van der Waals surface area contributed by atoms with Gasteiger partial charge >= 0.3 is 5.97 Å². The van der Waals surface area contributed by atoms with Crippen molar-refractivity contribution >= 4 is 33.5 Å². The number of benzene rings is 1. The zero-order chi connectivity index (χ0) is 16.4. The third-order valence-corrected chi connectivity index (χ3v) is 3.02. The van der Waals surface area contributed by atoms with Gasteiger partial charge in [0.15, 0.2) is 0 Å². The molecule has 1 amide bonds. The van der Waals surface area contributed by atoms with Gasteiger partial charge in [-0.3, -0.25) is 9.59 Å². The van der Waals surface area contributed by atoms with Crippen LogP contribution in [-0.4, -0.2) is 25.0 Å². The SMILES string of the molecule is CCOC(=O)CCN/C=C(/C#N)C(=O)Nc1ccc(Br)cc1. The van der Waals surface area contributed by atoms with Crippen LogP contribution in [-0.2, 0) is 14.3 Å². The molecule has 0 radical (unpaired) electrons. The molecule has 0 aromatic heterocycles. The summed E-state index contributed by atoms with van der Waals surface area (Å²) in [5.41, 5.74) is 0.507. The number of ether oxygens (including phenoxy) is 1. The Labute approximate surface area is 137 Å². The lowest BCUT2D eigenvalue weighted by Crippen LogP contribution is -2.19. The molecule has 0 aliphatic rings. The lowest BCUT2D eigenvalue weighted by Gasteiger charge is -2.05. The zero-order valence-corrected chi connectivity index (χ0v) is 13.6. The molecule has 1 rings (SSSR count). The van der Waals surface area contributed by atoms with Crippen molar-refractivity contribution in [2.24, 2.45) is 0 Å². The van der Waals surface area contributed by atoms with Crippen LogP contribution in [0.2, 0.25) is 0 Å². The molecular weight excluding hydrogens is 350 g/mol. The van der Waals surface area contributed by atoms with Crippen molar-refractivity contribution in [1.82, 2.24) is 5.32 Å². The number of halogens is 1. The summed E-state index contributed by atoms with van der Waals surface area (Å²) >= 11 is 3.29. The molecule has 116 valence electrons. The first-order valence-electron chi connectivity index (χ1n) is 6.63. The molecule has 0 saturated carbocycles. The lowest BCUT2D eigenvalue weighted by molar-refractivity contribution is -0.142. The molecule has 1 aromatic rings. The summed E-state index contributed by atoms with van der Waals surface area (Å²) in [6.45, 7) is 2.34. The molecule has 22 heavy (non-hydrogen) atoms. The summed E-state index contributed by atoms with van der Waals surface area (Å²) in [6, 6.07) is 8.80. The predicted octanol–water partition coefficient (Wildman–Crippen LogP) is 2.34. The van der Waals surface area contributed by atoms with E-state index in [1.165, 1.54) is 6.20 Å². The smallest absolute Gasteiger partial charge is 0.307 e. The molecule has 0 saturated heterocycles. The third-order valence-electron chi connectivity index (χ3n) is 2.49. The van der Waals surface area contributed by atoms with Crippen molar-refractivity contribution in [3.63, 3.8) is 0 Å². The highest BCUT2D eigenvalue weighted by Gasteiger charge is 2.09. The van der Waals surface area contributed by atoms with E-state index in [2.05, 4.69) is 26.6 Å². The number of rotatable bonds is 7. The summed E-state index contributed by atoms with van der Waals surface area (Å²) in [5, 5.41) is 14.3. The van der Waals surface area contributed by atoms with Crippen LogP contribution in [0.4, 0.5) is 5.69 Å². The van der Waals surface area contributed by atoms with E-state index < -0.39 is 5.91 Å². The van der Waals surface area contributed by atoms with Crippen molar-refractivity contribution in [1.29, 1.82) is 5.26 Å². The summed E-state index contributed by atoms with van der Waals surface area (Å²) in [7, 11) is 0. The van der Waals surface area contributed by atoms with Crippen LogP contribution in [0.25, 0.3) is 0 Å². The maximum atomic E-state index is 11.9. The highest BCUT2D eigenvalue weighted by atomic mass is 79.9.